The summed E-state index contributed by atoms with van der Waals surface area (Å²) in [5, 5.41) is 0. The molecular formula is C26H50O5. The molecule has 0 aliphatic heterocycles. The van der Waals surface area contributed by atoms with E-state index in [9.17, 15) is 9.59 Å². The predicted octanol–water partition coefficient (Wildman–Crippen LogP) is 7.01. The third-order valence-corrected chi connectivity index (χ3v) is 5.51. The van der Waals surface area contributed by atoms with Crippen LogP contribution in [0.2, 0.25) is 0 Å². The van der Waals surface area contributed by atoms with E-state index in [-0.39, 0.29) is 13.2 Å². The number of esters is 2. The molecule has 0 aromatic heterocycles. The molecular weight excluding hydrogens is 392 g/mol. The number of ether oxygens (including phenoxy) is 3. The van der Waals surface area contributed by atoms with E-state index in [0.29, 0.717) is 19.1 Å². The zero-order chi connectivity index (χ0) is 23.0. The van der Waals surface area contributed by atoms with E-state index in [1.807, 2.05) is 6.92 Å². The molecule has 0 N–H and O–H groups in total. The summed E-state index contributed by atoms with van der Waals surface area (Å²) < 4.78 is 15.3. The molecule has 0 saturated carbocycles. The fourth-order valence-corrected chi connectivity index (χ4v) is 3.59. The summed E-state index contributed by atoms with van der Waals surface area (Å²) in [7, 11) is 0. The van der Waals surface area contributed by atoms with Crippen LogP contribution in [0.5, 0.6) is 0 Å². The van der Waals surface area contributed by atoms with Crippen LogP contribution >= 0.6 is 0 Å². The molecule has 5 heteroatoms. The van der Waals surface area contributed by atoms with E-state index in [0.717, 1.165) is 25.7 Å². The number of carbonyl (C=O) groups excluding carboxylic acids is 2. The Morgan fingerprint density at radius 2 is 1.06 bits per heavy atom. The van der Waals surface area contributed by atoms with Gasteiger partial charge in [-0.15, -0.1) is 0 Å². The lowest BCUT2D eigenvalue weighted by atomic mass is 10.0. The quantitative estimate of drug-likeness (QED) is 0.126. The highest BCUT2D eigenvalue weighted by atomic mass is 16.6. The first-order valence-corrected chi connectivity index (χ1v) is 13.0. The predicted molar refractivity (Wildman–Crippen MR) is 127 cm³/mol. The fraction of sp³-hybridized carbons (Fsp3) is 0.923. The number of rotatable bonds is 23. The van der Waals surface area contributed by atoms with E-state index < -0.39 is 11.9 Å². The monoisotopic (exact) mass is 442 g/mol. The SMILES string of the molecule is CCCCCCCCCCCCCCCCOC(=O)COCC(=O)OCC(C)CCC. The van der Waals surface area contributed by atoms with Gasteiger partial charge in [0.2, 0.25) is 0 Å². The Morgan fingerprint density at radius 3 is 1.55 bits per heavy atom. The van der Waals surface area contributed by atoms with Gasteiger partial charge in [0.05, 0.1) is 13.2 Å². The van der Waals surface area contributed by atoms with Gasteiger partial charge in [0.15, 0.2) is 0 Å². The van der Waals surface area contributed by atoms with Gasteiger partial charge in [-0.3, -0.25) is 0 Å². The molecule has 5 nitrogen and oxygen atoms in total. The molecule has 184 valence electrons. The van der Waals surface area contributed by atoms with Crippen molar-refractivity contribution in [3.8, 4) is 0 Å². The highest BCUT2D eigenvalue weighted by Crippen LogP contribution is 2.13. The summed E-state index contributed by atoms with van der Waals surface area (Å²) in [6, 6.07) is 0. The van der Waals surface area contributed by atoms with Crippen LogP contribution in [0.25, 0.3) is 0 Å². The second-order valence-electron chi connectivity index (χ2n) is 8.89. The van der Waals surface area contributed by atoms with Gasteiger partial charge >= 0.3 is 11.9 Å². The molecule has 0 aromatic carbocycles. The lowest BCUT2D eigenvalue weighted by Crippen LogP contribution is -2.20. The smallest absolute Gasteiger partial charge is 0.332 e. The van der Waals surface area contributed by atoms with Crippen LogP contribution in [-0.4, -0.2) is 38.4 Å². The van der Waals surface area contributed by atoms with Gasteiger partial charge < -0.3 is 14.2 Å². The van der Waals surface area contributed by atoms with Crippen molar-refractivity contribution in [1.29, 1.82) is 0 Å². The first-order chi connectivity index (χ1) is 15.1. The maximum absolute atomic E-state index is 11.6. The largest absolute Gasteiger partial charge is 0.464 e. The van der Waals surface area contributed by atoms with Crippen molar-refractivity contribution in [1.82, 2.24) is 0 Å². The molecule has 0 aromatic rings. The zero-order valence-corrected chi connectivity index (χ0v) is 20.8. The Balaban J connectivity index is 3.30. The van der Waals surface area contributed by atoms with Gasteiger partial charge in [-0.25, -0.2) is 9.59 Å². The van der Waals surface area contributed by atoms with Gasteiger partial charge in [0.1, 0.15) is 13.2 Å². The molecule has 31 heavy (non-hydrogen) atoms. The summed E-state index contributed by atoms with van der Waals surface area (Å²) in [5.74, 6) is -0.492. The zero-order valence-electron chi connectivity index (χ0n) is 20.8. The van der Waals surface area contributed by atoms with E-state index in [1.54, 1.807) is 0 Å². The maximum atomic E-state index is 11.6. The fourth-order valence-electron chi connectivity index (χ4n) is 3.59. The number of unbranched alkanes of at least 4 members (excludes halogenated alkanes) is 13. The van der Waals surface area contributed by atoms with Crippen LogP contribution < -0.4 is 0 Å². The van der Waals surface area contributed by atoms with E-state index in [1.165, 1.54) is 77.0 Å². The standard InChI is InChI=1S/C26H50O5/c1-4-6-7-8-9-10-11-12-13-14-15-16-17-18-20-30-25(27)22-29-23-26(28)31-21-24(3)19-5-2/h24H,4-23H2,1-3H3. The molecule has 0 bridgehead atoms. The first kappa shape index (κ1) is 29.9. The molecule has 0 saturated heterocycles. The van der Waals surface area contributed by atoms with Crippen LogP contribution in [0.4, 0.5) is 0 Å². The first-order valence-electron chi connectivity index (χ1n) is 13.0. The van der Waals surface area contributed by atoms with Gasteiger partial charge in [-0.05, 0) is 18.8 Å². The summed E-state index contributed by atoms with van der Waals surface area (Å²) in [5.41, 5.74) is 0. The average Bonchev–Trinajstić information content (AvgIpc) is 2.75. The van der Waals surface area contributed by atoms with Crippen LogP contribution in [0.3, 0.4) is 0 Å². The molecule has 0 spiro atoms. The third-order valence-electron chi connectivity index (χ3n) is 5.51. The summed E-state index contributed by atoms with van der Waals surface area (Å²) >= 11 is 0. The lowest BCUT2D eigenvalue weighted by Gasteiger charge is -2.11. The molecule has 0 heterocycles. The number of hydrogen-bond donors (Lipinski definition) is 0. The van der Waals surface area contributed by atoms with Crippen molar-refractivity contribution >= 4 is 11.9 Å². The Hall–Kier alpha value is -1.10. The van der Waals surface area contributed by atoms with Crippen molar-refractivity contribution in [2.45, 2.75) is 124 Å². The van der Waals surface area contributed by atoms with Gasteiger partial charge in [-0.2, -0.15) is 0 Å². The summed E-state index contributed by atoms with van der Waals surface area (Å²) in [6.07, 6.45) is 20.3. The highest BCUT2D eigenvalue weighted by Gasteiger charge is 2.09. The van der Waals surface area contributed by atoms with Crippen molar-refractivity contribution in [3.05, 3.63) is 0 Å². The van der Waals surface area contributed by atoms with E-state index in [2.05, 4.69) is 13.8 Å². The van der Waals surface area contributed by atoms with Crippen LogP contribution in [0, 0.1) is 5.92 Å². The van der Waals surface area contributed by atoms with E-state index in [4.69, 9.17) is 14.2 Å². The molecule has 0 amide bonds. The van der Waals surface area contributed by atoms with E-state index >= 15 is 0 Å². The third kappa shape index (κ3) is 23.4. The molecule has 0 rings (SSSR count). The van der Waals surface area contributed by atoms with Gasteiger partial charge in [0.25, 0.3) is 0 Å². The topological polar surface area (TPSA) is 61.8 Å². The number of carbonyl (C=O) groups is 2. The molecule has 1 atom stereocenters. The minimum atomic E-state index is -0.428. The lowest BCUT2D eigenvalue weighted by molar-refractivity contribution is -0.156. The van der Waals surface area contributed by atoms with Gasteiger partial charge in [0, 0.05) is 0 Å². The second kappa shape index (κ2) is 23.6. The molecule has 0 fully saturated rings. The summed E-state index contributed by atoms with van der Waals surface area (Å²) in [6.45, 7) is 6.85. The van der Waals surface area contributed by atoms with Crippen LogP contribution in [0.1, 0.15) is 124 Å². The van der Waals surface area contributed by atoms with Crippen LogP contribution in [-0.2, 0) is 23.8 Å². The average molecular weight is 443 g/mol. The minimum Gasteiger partial charge on any atom is -0.464 e. The van der Waals surface area contributed by atoms with Crippen molar-refractivity contribution in [3.63, 3.8) is 0 Å². The minimum absolute atomic E-state index is 0.196. The van der Waals surface area contributed by atoms with Crippen LogP contribution in [0.15, 0.2) is 0 Å². The molecule has 0 aliphatic carbocycles. The number of hydrogen-bond acceptors (Lipinski definition) is 5. The second-order valence-corrected chi connectivity index (χ2v) is 8.89. The highest BCUT2D eigenvalue weighted by molar-refractivity contribution is 5.73. The van der Waals surface area contributed by atoms with Gasteiger partial charge in [-0.1, -0.05) is 111 Å². The Morgan fingerprint density at radius 1 is 0.613 bits per heavy atom. The Bertz CT molecular complexity index is 411. The van der Waals surface area contributed by atoms with Crippen molar-refractivity contribution in [2.75, 3.05) is 26.4 Å². The molecule has 1 unspecified atom stereocenters. The molecule has 0 aliphatic rings. The Kier molecular flexibility index (Phi) is 22.7. The van der Waals surface area contributed by atoms with Crippen molar-refractivity contribution < 1.29 is 23.8 Å². The molecule has 0 radical (unpaired) electrons. The maximum Gasteiger partial charge on any atom is 0.332 e. The van der Waals surface area contributed by atoms with Crippen molar-refractivity contribution in [2.24, 2.45) is 5.92 Å². The normalized spacial score (nSPS) is 12.0. The Labute approximate surface area is 192 Å². The summed E-state index contributed by atoms with van der Waals surface area (Å²) in [4.78, 5) is 23.2.